The number of likely N-dealkylation sites (tertiary alicyclic amines) is 1. The van der Waals surface area contributed by atoms with Gasteiger partial charge in [-0.05, 0) is 38.3 Å². The Morgan fingerprint density at radius 1 is 1.22 bits per heavy atom. The van der Waals surface area contributed by atoms with Crippen molar-refractivity contribution in [2.45, 2.75) is 39.5 Å². The monoisotopic (exact) mass is 254 g/mol. The van der Waals surface area contributed by atoms with Gasteiger partial charge in [0.05, 0.1) is 0 Å². The van der Waals surface area contributed by atoms with Crippen molar-refractivity contribution in [1.82, 2.24) is 15.5 Å². The molecule has 18 heavy (non-hydrogen) atoms. The second-order valence-electron chi connectivity index (χ2n) is 5.35. The second-order valence-corrected chi connectivity index (χ2v) is 5.35. The number of guanidine groups is 1. The van der Waals surface area contributed by atoms with Crippen LogP contribution in [-0.2, 0) is 0 Å². The van der Waals surface area contributed by atoms with E-state index in [1.807, 2.05) is 7.05 Å². The van der Waals surface area contributed by atoms with Crippen LogP contribution in [0.25, 0.3) is 0 Å². The molecule has 1 heterocycles. The zero-order valence-corrected chi connectivity index (χ0v) is 12.3. The Labute approximate surface area is 112 Å². The summed E-state index contributed by atoms with van der Waals surface area (Å²) >= 11 is 0. The molecule has 0 aromatic rings. The Bertz CT molecular complexity index is 234. The molecule has 1 rings (SSSR count). The Morgan fingerprint density at radius 3 is 2.56 bits per heavy atom. The fourth-order valence-corrected chi connectivity index (χ4v) is 2.38. The van der Waals surface area contributed by atoms with Crippen LogP contribution in [0.4, 0.5) is 0 Å². The number of nitrogens with one attached hydrogen (secondary N) is 2. The maximum Gasteiger partial charge on any atom is 0.190 e. The van der Waals surface area contributed by atoms with Crippen molar-refractivity contribution in [1.29, 1.82) is 0 Å². The van der Waals surface area contributed by atoms with E-state index in [2.05, 4.69) is 34.4 Å². The fourth-order valence-electron chi connectivity index (χ4n) is 2.38. The van der Waals surface area contributed by atoms with Crippen LogP contribution in [-0.4, -0.2) is 50.6 Å². The highest BCUT2D eigenvalue weighted by Gasteiger charge is 2.13. The quantitative estimate of drug-likeness (QED) is 0.560. The minimum Gasteiger partial charge on any atom is -0.356 e. The van der Waals surface area contributed by atoms with Gasteiger partial charge in [-0.3, -0.25) is 4.99 Å². The van der Waals surface area contributed by atoms with Crippen LogP contribution in [0, 0.1) is 5.92 Å². The molecule has 1 fully saturated rings. The lowest BCUT2D eigenvalue weighted by atomic mass is 10.1. The van der Waals surface area contributed by atoms with Crippen LogP contribution in [0.5, 0.6) is 0 Å². The van der Waals surface area contributed by atoms with Crippen molar-refractivity contribution in [2.24, 2.45) is 10.9 Å². The van der Waals surface area contributed by atoms with Gasteiger partial charge in [0.2, 0.25) is 0 Å². The molecule has 1 aliphatic rings. The average molecular weight is 254 g/mol. The number of hydrogen-bond acceptors (Lipinski definition) is 2. The fraction of sp³-hybridized carbons (Fsp3) is 0.929. The lowest BCUT2D eigenvalue weighted by molar-refractivity contribution is 0.201. The SMILES string of the molecule is CCCNC(=NC)NCC(C)CN1CCCCC1. The van der Waals surface area contributed by atoms with E-state index in [4.69, 9.17) is 0 Å². The van der Waals surface area contributed by atoms with Gasteiger partial charge < -0.3 is 15.5 Å². The third-order valence-corrected chi connectivity index (χ3v) is 3.40. The molecule has 1 aliphatic heterocycles. The van der Waals surface area contributed by atoms with Gasteiger partial charge >= 0.3 is 0 Å². The second kappa shape index (κ2) is 9.20. The Hall–Kier alpha value is -0.770. The molecule has 0 aromatic carbocycles. The predicted octanol–water partition coefficient (Wildman–Crippen LogP) is 1.68. The minimum atomic E-state index is 0.670. The van der Waals surface area contributed by atoms with E-state index >= 15 is 0 Å². The highest BCUT2D eigenvalue weighted by molar-refractivity contribution is 5.79. The van der Waals surface area contributed by atoms with Gasteiger partial charge in [0.1, 0.15) is 0 Å². The molecule has 2 N–H and O–H groups in total. The van der Waals surface area contributed by atoms with Gasteiger partial charge in [0.25, 0.3) is 0 Å². The smallest absolute Gasteiger partial charge is 0.190 e. The van der Waals surface area contributed by atoms with Gasteiger partial charge in [-0.1, -0.05) is 20.3 Å². The summed E-state index contributed by atoms with van der Waals surface area (Å²) < 4.78 is 0. The molecule has 0 bridgehead atoms. The van der Waals surface area contributed by atoms with E-state index in [-0.39, 0.29) is 0 Å². The lowest BCUT2D eigenvalue weighted by Gasteiger charge is -2.29. The average Bonchev–Trinajstić information content (AvgIpc) is 2.40. The summed E-state index contributed by atoms with van der Waals surface area (Å²) in [6.07, 6.45) is 5.29. The number of nitrogens with zero attached hydrogens (tertiary/aromatic N) is 2. The highest BCUT2D eigenvalue weighted by atomic mass is 15.2. The number of rotatable bonds is 6. The summed E-state index contributed by atoms with van der Waals surface area (Å²) in [6, 6.07) is 0. The van der Waals surface area contributed by atoms with Crippen LogP contribution in [0.15, 0.2) is 4.99 Å². The maximum atomic E-state index is 4.23. The summed E-state index contributed by atoms with van der Waals surface area (Å²) in [4.78, 5) is 6.82. The number of hydrogen-bond donors (Lipinski definition) is 2. The van der Waals surface area contributed by atoms with Crippen LogP contribution in [0.2, 0.25) is 0 Å². The largest absolute Gasteiger partial charge is 0.356 e. The van der Waals surface area contributed by atoms with Gasteiger partial charge in [-0.15, -0.1) is 0 Å². The van der Waals surface area contributed by atoms with Gasteiger partial charge in [-0.25, -0.2) is 0 Å². The summed E-state index contributed by atoms with van der Waals surface area (Å²) in [5.74, 6) is 1.60. The van der Waals surface area contributed by atoms with Gasteiger partial charge in [-0.2, -0.15) is 0 Å². The van der Waals surface area contributed by atoms with Crippen molar-refractivity contribution in [2.75, 3.05) is 39.8 Å². The third-order valence-electron chi connectivity index (χ3n) is 3.40. The Kier molecular flexibility index (Phi) is 7.81. The topological polar surface area (TPSA) is 39.7 Å². The molecular weight excluding hydrogens is 224 g/mol. The van der Waals surface area contributed by atoms with Crippen LogP contribution in [0.3, 0.4) is 0 Å². The van der Waals surface area contributed by atoms with Crippen LogP contribution >= 0.6 is 0 Å². The molecule has 0 amide bonds. The van der Waals surface area contributed by atoms with E-state index in [9.17, 15) is 0 Å². The molecule has 0 spiro atoms. The molecular formula is C14H30N4. The number of piperidine rings is 1. The first-order valence-corrected chi connectivity index (χ1v) is 7.43. The van der Waals surface area contributed by atoms with Crippen molar-refractivity contribution >= 4 is 5.96 Å². The van der Waals surface area contributed by atoms with Gasteiger partial charge in [0, 0.05) is 26.7 Å². The first-order valence-electron chi connectivity index (χ1n) is 7.43. The summed E-state index contributed by atoms with van der Waals surface area (Å²) in [6.45, 7) is 10.2. The zero-order chi connectivity index (χ0) is 13.2. The van der Waals surface area contributed by atoms with Crippen LogP contribution < -0.4 is 10.6 Å². The first kappa shape index (κ1) is 15.3. The normalized spacial score (nSPS) is 19.6. The number of aliphatic imine (C=N–C) groups is 1. The van der Waals surface area contributed by atoms with E-state index in [0.29, 0.717) is 5.92 Å². The molecule has 1 unspecified atom stereocenters. The maximum absolute atomic E-state index is 4.23. The molecule has 4 nitrogen and oxygen atoms in total. The first-order chi connectivity index (χ1) is 8.76. The predicted molar refractivity (Wildman–Crippen MR) is 79.1 cm³/mol. The minimum absolute atomic E-state index is 0.670. The molecule has 0 radical (unpaired) electrons. The Balaban J connectivity index is 2.16. The van der Waals surface area contributed by atoms with E-state index < -0.39 is 0 Å². The van der Waals surface area contributed by atoms with Crippen molar-refractivity contribution in [3.05, 3.63) is 0 Å². The van der Waals surface area contributed by atoms with E-state index in [1.54, 1.807) is 0 Å². The van der Waals surface area contributed by atoms with Crippen molar-refractivity contribution in [3.8, 4) is 0 Å². The van der Waals surface area contributed by atoms with Gasteiger partial charge in [0.15, 0.2) is 5.96 Å². The van der Waals surface area contributed by atoms with Crippen LogP contribution in [0.1, 0.15) is 39.5 Å². The van der Waals surface area contributed by atoms with E-state index in [0.717, 1.165) is 25.5 Å². The Morgan fingerprint density at radius 2 is 1.94 bits per heavy atom. The third kappa shape index (κ3) is 6.24. The molecule has 1 atom stereocenters. The molecule has 1 saturated heterocycles. The molecule has 106 valence electrons. The van der Waals surface area contributed by atoms with Crippen molar-refractivity contribution in [3.63, 3.8) is 0 Å². The molecule has 0 aromatic heterocycles. The summed E-state index contributed by atoms with van der Waals surface area (Å²) in [5.41, 5.74) is 0. The molecule has 0 saturated carbocycles. The standard InChI is InChI=1S/C14H30N4/c1-4-8-16-14(15-3)17-11-13(2)12-18-9-6-5-7-10-18/h13H,4-12H2,1-3H3,(H2,15,16,17). The highest BCUT2D eigenvalue weighted by Crippen LogP contribution is 2.10. The summed E-state index contributed by atoms with van der Waals surface area (Å²) in [5, 5.41) is 6.71. The zero-order valence-electron chi connectivity index (χ0n) is 12.3. The molecule has 4 heteroatoms. The molecule has 0 aliphatic carbocycles. The summed E-state index contributed by atoms with van der Waals surface area (Å²) in [7, 11) is 1.83. The van der Waals surface area contributed by atoms with Crippen molar-refractivity contribution < 1.29 is 0 Å². The lowest BCUT2D eigenvalue weighted by Crippen LogP contribution is -2.42. The van der Waals surface area contributed by atoms with E-state index in [1.165, 1.54) is 38.9 Å².